The SMILES string of the molecule is CCO/C=C(\[Te]c1ccccc1)C1(O)CCCC1. The van der Waals surface area contributed by atoms with Crippen molar-refractivity contribution < 1.29 is 9.84 Å². The van der Waals surface area contributed by atoms with Gasteiger partial charge in [-0.05, 0) is 0 Å². The molecule has 2 rings (SSSR count). The molecular weight excluding hydrogens is 340 g/mol. The molecule has 0 unspecified atom stereocenters. The van der Waals surface area contributed by atoms with E-state index in [1.807, 2.05) is 19.3 Å². The Labute approximate surface area is 119 Å². The average Bonchev–Trinajstić information content (AvgIpc) is 2.84. The molecule has 0 heterocycles. The standard InChI is InChI=1S/C15H20O2Te/c1-2-17-12-14(15(16)10-6-7-11-15)18-13-8-4-3-5-9-13/h3-5,8-9,12,16H,2,6-7,10-11H2,1H3/b14-12-. The first kappa shape index (κ1) is 13.9. The summed E-state index contributed by atoms with van der Waals surface area (Å²) in [7, 11) is 0. The summed E-state index contributed by atoms with van der Waals surface area (Å²) < 4.78 is 7.96. The molecule has 1 aromatic carbocycles. The second kappa shape index (κ2) is 6.61. The fourth-order valence-corrected chi connectivity index (χ4v) is 5.23. The Morgan fingerprint density at radius 3 is 2.61 bits per heavy atom. The third-order valence-electron chi connectivity index (χ3n) is 3.22. The molecule has 1 aliphatic carbocycles. The third-order valence-corrected chi connectivity index (χ3v) is 6.65. The zero-order valence-corrected chi connectivity index (χ0v) is 13.1. The number of aliphatic hydroxyl groups is 1. The molecule has 1 N–H and O–H groups in total. The van der Waals surface area contributed by atoms with Crippen LogP contribution in [0.15, 0.2) is 40.2 Å². The van der Waals surface area contributed by atoms with Crippen LogP contribution in [-0.2, 0) is 4.74 Å². The molecule has 1 saturated carbocycles. The predicted molar refractivity (Wildman–Crippen MR) is 75.0 cm³/mol. The van der Waals surface area contributed by atoms with Crippen molar-refractivity contribution in [3.05, 3.63) is 40.2 Å². The normalized spacial score (nSPS) is 18.9. The Balaban J connectivity index is 2.15. The molecule has 1 aromatic rings. The van der Waals surface area contributed by atoms with E-state index in [1.54, 1.807) is 0 Å². The molecule has 0 amide bonds. The molecule has 0 aromatic heterocycles. The van der Waals surface area contributed by atoms with Gasteiger partial charge in [0, 0.05) is 0 Å². The van der Waals surface area contributed by atoms with E-state index in [-0.39, 0.29) is 0 Å². The minimum absolute atomic E-state index is 0.529. The number of ether oxygens (including phenoxy) is 1. The van der Waals surface area contributed by atoms with Crippen molar-refractivity contribution in [1.82, 2.24) is 0 Å². The summed E-state index contributed by atoms with van der Waals surface area (Å²) in [6.07, 6.45) is 5.87. The van der Waals surface area contributed by atoms with Crippen LogP contribution in [0.3, 0.4) is 0 Å². The van der Waals surface area contributed by atoms with Gasteiger partial charge in [0.05, 0.1) is 0 Å². The first-order chi connectivity index (χ1) is 8.74. The molecular formula is C15H20O2Te. The summed E-state index contributed by atoms with van der Waals surface area (Å²) in [5, 5.41) is 10.7. The number of benzene rings is 1. The fourth-order valence-electron chi connectivity index (χ4n) is 2.21. The predicted octanol–water partition coefficient (Wildman–Crippen LogP) is 2.20. The monoisotopic (exact) mass is 362 g/mol. The van der Waals surface area contributed by atoms with E-state index in [0.29, 0.717) is 6.61 Å². The van der Waals surface area contributed by atoms with Crippen LogP contribution in [0.2, 0.25) is 0 Å². The van der Waals surface area contributed by atoms with Gasteiger partial charge in [-0.25, -0.2) is 0 Å². The molecule has 98 valence electrons. The molecule has 0 aliphatic heterocycles. The van der Waals surface area contributed by atoms with E-state index in [2.05, 4.69) is 24.3 Å². The first-order valence-electron chi connectivity index (χ1n) is 6.52. The van der Waals surface area contributed by atoms with E-state index in [4.69, 9.17) is 4.74 Å². The summed E-state index contributed by atoms with van der Waals surface area (Å²) >= 11 is -0.529. The van der Waals surface area contributed by atoms with E-state index in [9.17, 15) is 5.11 Å². The molecule has 0 atom stereocenters. The van der Waals surface area contributed by atoms with Gasteiger partial charge in [-0.3, -0.25) is 0 Å². The van der Waals surface area contributed by atoms with Gasteiger partial charge in [0.25, 0.3) is 0 Å². The second-order valence-electron chi connectivity index (χ2n) is 4.59. The molecule has 1 aliphatic rings. The summed E-state index contributed by atoms with van der Waals surface area (Å²) in [5.74, 6) is 0. The third kappa shape index (κ3) is 3.51. The molecule has 0 radical (unpaired) electrons. The van der Waals surface area contributed by atoms with Crippen LogP contribution in [0, 0.1) is 0 Å². The van der Waals surface area contributed by atoms with Gasteiger partial charge in [-0.15, -0.1) is 0 Å². The number of hydrogen-bond donors (Lipinski definition) is 1. The molecule has 0 saturated heterocycles. The fraction of sp³-hybridized carbons (Fsp3) is 0.467. The Morgan fingerprint density at radius 2 is 2.00 bits per heavy atom. The van der Waals surface area contributed by atoms with Crippen molar-refractivity contribution in [3.63, 3.8) is 0 Å². The van der Waals surface area contributed by atoms with Crippen LogP contribution in [0.1, 0.15) is 32.6 Å². The number of hydrogen-bond acceptors (Lipinski definition) is 2. The van der Waals surface area contributed by atoms with E-state index >= 15 is 0 Å². The summed E-state index contributed by atoms with van der Waals surface area (Å²) in [6.45, 7) is 2.65. The van der Waals surface area contributed by atoms with Crippen molar-refractivity contribution in [2.24, 2.45) is 0 Å². The van der Waals surface area contributed by atoms with Gasteiger partial charge in [0.2, 0.25) is 0 Å². The van der Waals surface area contributed by atoms with Gasteiger partial charge in [-0.1, -0.05) is 0 Å². The summed E-state index contributed by atoms with van der Waals surface area (Å²) in [5.41, 5.74) is -0.590. The molecule has 1 fully saturated rings. The van der Waals surface area contributed by atoms with Crippen molar-refractivity contribution in [2.75, 3.05) is 6.61 Å². The average molecular weight is 360 g/mol. The molecule has 18 heavy (non-hydrogen) atoms. The van der Waals surface area contributed by atoms with Gasteiger partial charge < -0.3 is 0 Å². The van der Waals surface area contributed by atoms with Gasteiger partial charge in [0.15, 0.2) is 0 Å². The van der Waals surface area contributed by atoms with Crippen molar-refractivity contribution >= 4 is 24.5 Å². The molecule has 0 spiro atoms. The Morgan fingerprint density at radius 1 is 1.33 bits per heavy atom. The van der Waals surface area contributed by atoms with Gasteiger partial charge >= 0.3 is 119 Å². The maximum absolute atomic E-state index is 10.7. The zero-order valence-electron chi connectivity index (χ0n) is 10.8. The van der Waals surface area contributed by atoms with Crippen LogP contribution in [-0.4, -0.2) is 38.2 Å². The number of rotatable bonds is 5. The van der Waals surface area contributed by atoms with Crippen molar-refractivity contribution in [3.8, 4) is 0 Å². The molecule has 3 heteroatoms. The van der Waals surface area contributed by atoms with Crippen LogP contribution in [0.5, 0.6) is 0 Å². The van der Waals surface area contributed by atoms with E-state index < -0.39 is 26.5 Å². The van der Waals surface area contributed by atoms with Crippen molar-refractivity contribution in [1.29, 1.82) is 0 Å². The molecule has 2 nitrogen and oxygen atoms in total. The Bertz CT molecular complexity index is 394. The Hall–Kier alpha value is -0.490. The first-order valence-corrected chi connectivity index (χ1v) is 8.85. The van der Waals surface area contributed by atoms with Gasteiger partial charge in [-0.2, -0.15) is 0 Å². The van der Waals surface area contributed by atoms with E-state index in [1.165, 1.54) is 3.61 Å². The van der Waals surface area contributed by atoms with Crippen LogP contribution < -0.4 is 3.61 Å². The summed E-state index contributed by atoms with van der Waals surface area (Å²) in [4.78, 5) is 0. The van der Waals surface area contributed by atoms with Crippen LogP contribution in [0.4, 0.5) is 0 Å². The van der Waals surface area contributed by atoms with Gasteiger partial charge in [0.1, 0.15) is 0 Å². The van der Waals surface area contributed by atoms with Crippen molar-refractivity contribution in [2.45, 2.75) is 38.2 Å². The van der Waals surface area contributed by atoms with Crippen LogP contribution in [0.25, 0.3) is 0 Å². The van der Waals surface area contributed by atoms with Crippen LogP contribution >= 0.6 is 0 Å². The quantitative estimate of drug-likeness (QED) is 0.645. The maximum atomic E-state index is 10.7. The second-order valence-corrected chi connectivity index (χ2v) is 7.77. The Kier molecular flexibility index (Phi) is 5.12. The molecule has 0 bridgehead atoms. The zero-order chi connectivity index (χ0) is 12.8. The summed E-state index contributed by atoms with van der Waals surface area (Å²) in [6, 6.07) is 10.5. The topological polar surface area (TPSA) is 29.5 Å². The minimum atomic E-state index is -0.590. The van der Waals surface area contributed by atoms with E-state index in [0.717, 1.165) is 29.3 Å².